The van der Waals surface area contributed by atoms with E-state index in [2.05, 4.69) is 5.32 Å². The van der Waals surface area contributed by atoms with Crippen LogP contribution in [0.25, 0.3) is 0 Å². The number of carbonyl (C=O) groups excluding carboxylic acids is 1. The van der Waals surface area contributed by atoms with Gasteiger partial charge in [0.15, 0.2) is 0 Å². The van der Waals surface area contributed by atoms with Gasteiger partial charge in [-0.25, -0.2) is 8.42 Å². The van der Waals surface area contributed by atoms with Gasteiger partial charge in [0.2, 0.25) is 0 Å². The highest BCUT2D eigenvalue weighted by Gasteiger charge is 2.22. The molecule has 0 spiro atoms. The number of amides is 1. The van der Waals surface area contributed by atoms with Gasteiger partial charge in [-0.3, -0.25) is 19.2 Å². The summed E-state index contributed by atoms with van der Waals surface area (Å²) < 4.78 is 27.2. The number of benzene rings is 3. The van der Waals surface area contributed by atoms with Crippen molar-refractivity contribution in [3.05, 3.63) is 93.5 Å². The van der Waals surface area contributed by atoms with E-state index in [1.807, 2.05) is 19.1 Å². The molecule has 3 rings (SSSR count). The second kappa shape index (κ2) is 8.57. The molecule has 0 aliphatic carbocycles. The van der Waals surface area contributed by atoms with Gasteiger partial charge in [0.1, 0.15) is 0 Å². The number of rotatable bonds is 6. The molecule has 3 aromatic rings. The topological polar surface area (TPSA) is 110 Å². The van der Waals surface area contributed by atoms with Gasteiger partial charge in [0, 0.05) is 29.9 Å². The van der Waals surface area contributed by atoms with Gasteiger partial charge in [-0.1, -0.05) is 29.8 Å². The molecule has 31 heavy (non-hydrogen) atoms. The number of sulfonamides is 1. The van der Waals surface area contributed by atoms with Crippen molar-refractivity contribution in [1.29, 1.82) is 0 Å². The number of hydrogen-bond donors (Lipinski definition) is 1. The Kier molecular flexibility index (Phi) is 6.07. The lowest BCUT2D eigenvalue weighted by Gasteiger charge is -2.20. The van der Waals surface area contributed by atoms with Gasteiger partial charge in [0.05, 0.1) is 15.5 Å². The zero-order valence-electron chi connectivity index (χ0n) is 17.2. The fourth-order valence-corrected chi connectivity index (χ4v) is 4.18. The summed E-state index contributed by atoms with van der Waals surface area (Å²) in [6.07, 6.45) is 0. The Balaban J connectivity index is 1.87. The molecule has 0 fully saturated rings. The van der Waals surface area contributed by atoms with Crippen molar-refractivity contribution in [2.75, 3.05) is 16.7 Å². The number of nitro groups is 1. The Morgan fingerprint density at radius 2 is 1.68 bits per heavy atom. The molecule has 0 bridgehead atoms. The summed E-state index contributed by atoms with van der Waals surface area (Å²) in [4.78, 5) is 23.2. The van der Waals surface area contributed by atoms with Gasteiger partial charge in [-0.05, 0) is 50.2 Å². The molecule has 1 amide bonds. The zero-order chi connectivity index (χ0) is 22.8. The summed E-state index contributed by atoms with van der Waals surface area (Å²) >= 11 is 0. The lowest BCUT2D eigenvalue weighted by Crippen LogP contribution is -2.26. The summed E-state index contributed by atoms with van der Waals surface area (Å²) in [6, 6.07) is 17.0. The number of hydrogen-bond acceptors (Lipinski definition) is 5. The zero-order valence-corrected chi connectivity index (χ0v) is 18.0. The van der Waals surface area contributed by atoms with Crippen molar-refractivity contribution < 1.29 is 18.1 Å². The third-order valence-electron chi connectivity index (χ3n) is 4.82. The number of carbonyl (C=O) groups is 1. The number of aryl methyl sites for hydroxylation is 2. The Hall–Kier alpha value is -3.72. The summed E-state index contributed by atoms with van der Waals surface area (Å²) in [5, 5.41) is 13.7. The normalized spacial score (nSPS) is 11.1. The van der Waals surface area contributed by atoms with Crippen LogP contribution < -0.4 is 9.62 Å². The van der Waals surface area contributed by atoms with Gasteiger partial charge in [-0.2, -0.15) is 0 Å². The maximum Gasteiger partial charge on any atom is 0.274 e. The van der Waals surface area contributed by atoms with Crippen LogP contribution in [0.15, 0.2) is 71.6 Å². The molecule has 0 aliphatic heterocycles. The second-order valence-electron chi connectivity index (χ2n) is 7.05. The van der Waals surface area contributed by atoms with Crippen LogP contribution in [0, 0.1) is 24.0 Å². The van der Waals surface area contributed by atoms with E-state index in [9.17, 15) is 23.3 Å². The summed E-state index contributed by atoms with van der Waals surface area (Å²) in [7, 11) is -2.45. The average molecular weight is 439 g/mol. The Bertz CT molecular complexity index is 1250. The second-order valence-corrected chi connectivity index (χ2v) is 9.02. The van der Waals surface area contributed by atoms with E-state index >= 15 is 0 Å². The van der Waals surface area contributed by atoms with Crippen LogP contribution in [0.1, 0.15) is 21.5 Å². The highest BCUT2D eigenvalue weighted by Crippen LogP contribution is 2.25. The molecule has 0 radical (unpaired) electrons. The fourth-order valence-electron chi connectivity index (χ4n) is 2.94. The Labute approximate surface area is 180 Å². The molecule has 3 aromatic carbocycles. The van der Waals surface area contributed by atoms with E-state index in [0.717, 1.165) is 9.87 Å². The number of nitrogens with zero attached hydrogens (tertiary/aromatic N) is 2. The van der Waals surface area contributed by atoms with E-state index in [4.69, 9.17) is 0 Å². The third kappa shape index (κ3) is 4.72. The molecule has 0 heterocycles. The van der Waals surface area contributed by atoms with Crippen LogP contribution in [0.2, 0.25) is 0 Å². The van der Waals surface area contributed by atoms with E-state index in [-0.39, 0.29) is 21.8 Å². The van der Waals surface area contributed by atoms with E-state index in [0.29, 0.717) is 11.3 Å². The van der Waals surface area contributed by atoms with E-state index in [1.54, 1.807) is 25.1 Å². The minimum absolute atomic E-state index is 0.0434. The van der Waals surface area contributed by atoms with Crippen molar-refractivity contribution in [2.45, 2.75) is 18.7 Å². The van der Waals surface area contributed by atoms with Crippen LogP contribution in [0.3, 0.4) is 0 Å². The van der Waals surface area contributed by atoms with Gasteiger partial charge >= 0.3 is 0 Å². The summed E-state index contributed by atoms with van der Waals surface area (Å²) in [6.45, 7) is 3.51. The molecule has 8 nitrogen and oxygen atoms in total. The Morgan fingerprint density at radius 1 is 1.00 bits per heavy atom. The van der Waals surface area contributed by atoms with Crippen LogP contribution in [-0.2, 0) is 10.0 Å². The number of anilines is 2. The van der Waals surface area contributed by atoms with Crippen molar-refractivity contribution in [3.8, 4) is 0 Å². The minimum atomic E-state index is -3.89. The molecular weight excluding hydrogens is 418 g/mol. The summed E-state index contributed by atoms with van der Waals surface area (Å²) in [5.41, 5.74) is 2.20. The monoisotopic (exact) mass is 439 g/mol. The van der Waals surface area contributed by atoms with Crippen LogP contribution >= 0.6 is 0 Å². The first kappa shape index (κ1) is 22.0. The molecule has 0 aliphatic rings. The average Bonchev–Trinajstić information content (AvgIpc) is 2.75. The lowest BCUT2D eigenvalue weighted by atomic mass is 10.1. The van der Waals surface area contributed by atoms with Crippen molar-refractivity contribution in [1.82, 2.24) is 0 Å². The molecule has 0 aromatic heterocycles. The fraction of sp³-hybridized carbons (Fsp3) is 0.136. The predicted molar refractivity (Wildman–Crippen MR) is 119 cm³/mol. The summed E-state index contributed by atoms with van der Waals surface area (Å²) in [5.74, 6) is -0.576. The van der Waals surface area contributed by atoms with Crippen molar-refractivity contribution in [2.24, 2.45) is 0 Å². The predicted octanol–water partition coefficient (Wildman–Crippen LogP) is 4.29. The lowest BCUT2D eigenvalue weighted by molar-refractivity contribution is -0.385. The van der Waals surface area contributed by atoms with Gasteiger partial charge in [-0.15, -0.1) is 0 Å². The highest BCUT2D eigenvalue weighted by atomic mass is 32.2. The smallest absolute Gasteiger partial charge is 0.274 e. The molecule has 0 saturated carbocycles. The number of nitro benzene ring substituents is 1. The maximum atomic E-state index is 13.0. The molecule has 1 N–H and O–H groups in total. The largest absolute Gasteiger partial charge is 0.322 e. The first-order valence-electron chi connectivity index (χ1n) is 9.31. The molecule has 9 heteroatoms. The standard InChI is InChI=1S/C22H21N3O5S/c1-15-7-11-19(12-8-15)24(3)31(29,30)20-6-4-5-17(13-20)22(26)23-18-10-9-16(2)21(14-18)25(27)28/h4-14H,1-3H3,(H,23,26). The Morgan fingerprint density at radius 3 is 2.32 bits per heavy atom. The van der Waals surface area contributed by atoms with Crippen molar-refractivity contribution in [3.63, 3.8) is 0 Å². The van der Waals surface area contributed by atoms with Crippen LogP contribution in [0.5, 0.6) is 0 Å². The van der Waals surface area contributed by atoms with Crippen molar-refractivity contribution >= 4 is 33.0 Å². The molecular formula is C22H21N3O5S. The van der Waals surface area contributed by atoms with Gasteiger partial charge < -0.3 is 5.32 Å². The molecule has 160 valence electrons. The van der Waals surface area contributed by atoms with Crippen LogP contribution in [-0.4, -0.2) is 26.3 Å². The minimum Gasteiger partial charge on any atom is -0.322 e. The van der Waals surface area contributed by atoms with Crippen LogP contribution in [0.4, 0.5) is 17.1 Å². The van der Waals surface area contributed by atoms with E-state index in [1.165, 1.54) is 43.4 Å². The van der Waals surface area contributed by atoms with Gasteiger partial charge in [0.25, 0.3) is 21.6 Å². The third-order valence-corrected chi connectivity index (χ3v) is 6.60. The first-order valence-corrected chi connectivity index (χ1v) is 10.8. The quantitative estimate of drug-likeness (QED) is 0.455. The maximum absolute atomic E-state index is 13.0. The molecule has 0 saturated heterocycles. The van der Waals surface area contributed by atoms with E-state index < -0.39 is 20.9 Å². The molecule has 0 unspecified atom stereocenters. The number of nitrogens with one attached hydrogen (secondary N) is 1. The first-order chi connectivity index (χ1) is 14.6. The highest BCUT2D eigenvalue weighted by molar-refractivity contribution is 7.92. The molecule has 0 atom stereocenters. The SMILES string of the molecule is Cc1ccc(N(C)S(=O)(=O)c2cccc(C(=O)Nc3ccc(C)c([N+](=O)[O-])c3)c2)cc1.